The van der Waals surface area contributed by atoms with Crippen molar-refractivity contribution >= 4 is 11.9 Å². The topological polar surface area (TPSA) is 107 Å². The third kappa shape index (κ3) is 3.01. The maximum Gasteiger partial charge on any atom is 0.274 e. The van der Waals surface area contributed by atoms with Crippen LogP contribution in [0.5, 0.6) is 0 Å². The largest absolute Gasteiger partial charge is 0.378 e. The van der Waals surface area contributed by atoms with Crippen LogP contribution < -0.4 is 10.5 Å². The number of nitrogens with one attached hydrogen (secondary N) is 2. The molecule has 0 radical (unpaired) electrons. The number of fused-ring (bicyclic) bond motifs is 3. The van der Waals surface area contributed by atoms with E-state index in [0.717, 1.165) is 80.6 Å². The molecule has 0 bridgehead atoms. The van der Waals surface area contributed by atoms with E-state index in [1.165, 1.54) is 0 Å². The molecular formula is C22H28N6O3. The summed E-state index contributed by atoms with van der Waals surface area (Å²) in [5, 5.41) is 7.38. The molecule has 2 aromatic rings. The van der Waals surface area contributed by atoms with E-state index in [4.69, 9.17) is 9.72 Å². The molecule has 2 aliphatic heterocycles. The minimum absolute atomic E-state index is 0.00559. The number of aromatic nitrogens is 4. The summed E-state index contributed by atoms with van der Waals surface area (Å²) in [5.41, 5.74) is 4.54. The van der Waals surface area contributed by atoms with Crippen LogP contribution in [-0.2, 0) is 29.4 Å². The lowest BCUT2D eigenvalue weighted by molar-refractivity contribution is 0.0656. The van der Waals surface area contributed by atoms with Gasteiger partial charge in [0.25, 0.3) is 11.5 Å². The molecule has 0 aromatic carbocycles. The van der Waals surface area contributed by atoms with Gasteiger partial charge in [0.05, 0.1) is 18.9 Å². The van der Waals surface area contributed by atoms with Crippen molar-refractivity contribution in [1.82, 2.24) is 25.1 Å². The van der Waals surface area contributed by atoms with Gasteiger partial charge in [-0.2, -0.15) is 5.10 Å². The first-order chi connectivity index (χ1) is 15.1. The number of morpholine rings is 1. The van der Waals surface area contributed by atoms with E-state index in [9.17, 15) is 9.59 Å². The number of aromatic amines is 2. The van der Waals surface area contributed by atoms with Crippen LogP contribution in [0, 0.1) is 0 Å². The van der Waals surface area contributed by atoms with Gasteiger partial charge in [0, 0.05) is 48.4 Å². The molecule has 0 atom stereocenters. The van der Waals surface area contributed by atoms with Crippen LogP contribution in [0.1, 0.15) is 58.7 Å². The predicted octanol–water partition coefficient (Wildman–Crippen LogP) is 0.938. The van der Waals surface area contributed by atoms with E-state index in [1.807, 2.05) is 4.90 Å². The van der Waals surface area contributed by atoms with E-state index < -0.39 is 0 Å². The van der Waals surface area contributed by atoms with Crippen LogP contribution >= 0.6 is 0 Å². The van der Waals surface area contributed by atoms with Crippen molar-refractivity contribution in [2.75, 3.05) is 44.3 Å². The Morgan fingerprint density at radius 3 is 2.61 bits per heavy atom. The van der Waals surface area contributed by atoms with E-state index in [1.54, 1.807) is 0 Å². The Morgan fingerprint density at radius 2 is 1.81 bits per heavy atom. The fourth-order valence-corrected chi connectivity index (χ4v) is 5.83. The van der Waals surface area contributed by atoms with Gasteiger partial charge in [-0.25, -0.2) is 4.98 Å². The highest BCUT2D eigenvalue weighted by Crippen LogP contribution is 2.45. The van der Waals surface area contributed by atoms with Crippen LogP contribution in [0.15, 0.2) is 4.79 Å². The SMILES string of the molecule is O=C(c1n[nH]c2c1CCC2)N1CCC2(CCc3c2nc(N2CCOCC2)[nH]c3=O)CC1. The minimum atomic E-state index is -0.102. The number of hydrogen-bond acceptors (Lipinski definition) is 6. The Labute approximate surface area is 180 Å². The first-order valence-electron chi connectivity index (χ1n) is 11.5. The summed E-state index contributed by atoms with van der Waals surface area (Å²) in [4.78, 5) is 38.0. The zero-order valence-electron chi connectivity index (χ0n) is 17.7. The van der Waals surface area contributed by atoms with Crippen molar-refractivity contribution in [3.05, 3.63) is 38.6 Å². The Kier molecular flexibility index (Phi) is 4.41. The molecule has 2 fully saturated rings. The quantitative estimate of drug-likeness (QED) is 0.743. The molecule has 1 spiro atoms. The molecule has 2 saturated heterocycles. The normalized spacial score (nSPS) is 22.1. The summed E-state index contributed by atoms with van der Waals surface area (Å²) in [6, 6.07) is 0. The number of hydrogen-bond donors (Lipinski definition) is 2. The maximum atomic E-state index is 13.1. The molecule has 2 N–H and O–H groups in total. The Hall–Kier alpha value is -2.68. The fraction of sp³-hybridized carbons (Fsp3) is 0.636. The molecule has 4 aliphatic rings. The number of ether oxygens (including phenoxy) is 1. The van der Waals surface area contributed by atoms with Gasteiger partial charge in [-0.15, -0.1) is 0 Å². The number of aryl methyl sites for hydroxylation is 1. The Bertz CT molecular complexity index is 1080. The van der Waals surface area contributed by atoms with Gasteiger partial charge in [0.15, 0.2) is 5.69 Å². The number of likely N-dealkylation sites (tertiary alicyclic amines) is 1. The number of piperidine rings is 1. The molecule has 164 valence electrons. The molecule has 6 rings (SSSR count). The Balaban J connectivity index is 1.23. The average molecular weight is 425 g/mol. The molecule has 2 aliphatic carbocycles. The van der Waals surface area contributed by atoms with Crippen molar-refractivity contribution < 1.29 is 9.53 Å². The summed E-state index contributed by atoms with van der Waals surface area (Å²) in [6.45, 7) is 4.15. The lowest BCUT2D eigenvalue weighted by Gasteiger charge is -2.39. The second kappa shape index (κ2) is 7.19. The van der Waals surface area contributed by atoms with E-state index in [0.29, 0.717) is 37.9 Å². The van der Waals surface area contributed by atoms with Gasteiger partial charge in [0.2, 0.25) is 5.95 Å². The van der Waals surface area contributed by atoms with Crippen LogP contribution in [0.4, 0.5) is 5.95 Å². The summed E-state index contributed by atoms with van der Waals surface area (Å²) in [6.07, 6.45) is 6.41. The van der Waals surface area contributed by atoms with Gasteiger partial charge in [-0.3, -0.25) is 19.7 Å². The third-order valence-electron chi connectivity index (χ3n) is 7.69. The van der Waals surface area contributed by atoms with Gasteiger partial charge in [-0.1, -0.05) is 0 Å². The molecule has 4 heterocycles. The number of carbonyl (C=O) groups excluding carboxylic acids is 1. The van der Waals surface area contributed by atoms with Crippen molar-refractivity contribution in [2.45, 2.75) is 50.4 Å². The number of carbonyl (C=O) groups is 1. The van der Waals surface area contributed by atoms with Gasteiger partial charge < -0.3 is 14.5 Å². The molecule has 2 aromatic heterocycles. The van der Waals surface area contributed by atoms with Crippen molar-refractivity contribution in [2.24, 2.45) is 0 Å². The fourth-order valence-electron chi connectivity index (χ4n) is 5.83. The third-order valence-corrected chi connectivity index (χ3v) is 7.69. The van der Waals surface area contributed by atoms with Crippen LogP contribution in [-0.4, -0.2) is 70.4 Å². The Morgan fingerprint density at radius 1 is 1.00 bits per heavy atom. The highest BCUT2D eigenvalue weighted by atomic mass is 16.5. The predicted molar refractivity (Wildman–Crippen MR) is 114 cm³/mol. The van der Waals surface area contributed by atoms with Crippen molar-refractivity contribution in [1.29, 1.82) is 0 Å². The second-order valence-electron chi connectivity index (χ2n) is 9.27. The number of rotatable bonds is 2. The molecule has 31 heavy (non-hydrogen) atoms. The standard InChI is InChI=1S/C22H28N6O3/c29-19-15-4-5-22(18(15)23-21(24-19)28-10-12-31-13-11-28)6-8-27(9-7-22)20(30)17-14-2-1-3-16(14)25-26-17/h1-13H2,(H,25,26)(H,23,24,29). The number of amides is 1. The number of H-pyrrole nitrogens is 2. The van der Waals surface area contributed by atoms with Gasteiger partial charge in [-0.05, 0) is 44.9 Å². The molecule has 0 saturated carbocycles. The summed E-state index contributed by atoms with van der Waals surface area (Å²) >= 11 is 0. The van der Waals surface area contributed by atoms with E-state index >= 15 is 0 Å². The molecule has 9 heteroatoms. The highest BCUT2D eigenvalue weighted by molar-refractivity contribution is 5.94. The number of nitrogens with zero attached hydrogens (tertiary/aromatic N) is 4. The van der Waals surface area contributed by atoms with Crippen molar-refractivity contribution in [3.63, 3.8) is 0 Å². The minimum Gasteiger partial charge on any atom is -0.378 e. The molecule has 1 amide bonds. The molecule has 0 unspecified atom stereocenters. The van der Waals surface area contributed by atoms with E-state index in [2.05, 4.69) is 20.1 Å². The van der Waals surface area contributed by atoms with Gasteiger partial charge >= 0.3 is 0 Å². The molecular weight excluding hydrogens is 396 g/mol. The summed E-state index contributed by atoms with van der Waals surface area (Å²) in [7, 11) is 0. The maximum absolute atomic E-state index is 13.1. The summed E-state index contributed by atoms with van der Waals surface area (Å²) < 4.78 is 5.44. The first kappa shape index (κ1) is 19.0. The summed E-state index contributed by atoms with van der Waals surface area (Å²) in [5.74, 6) is 0.708. The molecule has 9 nitrogen and oxygen atoms in total. The highest BCUT2D eigenvalue weighted by Gasteiger charge is 2.45. The first-order valence-corrected chi connectivity index (χ1v) is 11.5. The lowest BCUT2D eigenvalue weighted by Crippen LogP contribution is -2.45. The van der Waals surface area contributed by atoms with Crippen LogP contribution in [0.3, 0.4) is 0 Å². The smallest absolute Gasteiger partial charge is 0.274 e. The second-order valence-corrected chi connectivity index (χ2v) is 9.27. The van der Waals surface area contributed by atoms with Crippen molar-refractivity contribution in [3.8, 4) is 0 Å². The zero-order chi connectivity index (χ0) is 21.0. The van der Waals surface area contributed by atoms with Crippen LogP contribution in [0.25, 0.3) is 0 Å². The monoisotopic (exact) mass is 424 g/mol. The van der Waals surface area contributed by atoms with E-state index in [-0.39, 0.29) is 16.9 Å². The zero-order valence-corrected chi connectivity index (χ0v) is 17.7. The lowest BCUT2D eigenvalue weighted by atomic mass is 9.76. The van der Waals surface area contributed by atoms with Gasteiger partial charge in [0.1, 0.15) is 0 Å². The number of anilines is 1. The average Bonchev–Trinajstić information content (AvgIpc) is 3.50. The van der Waals surface area contributed by atoms with Crippen LogP contribution in [0.2, 0.25) is 0 Å².